The number of fused-ring (bicyclic) bond motifs is 2. The summed E-state index contributed by atoms with van der Waals surface area (Å²) in [5, 5.41) is 7.66. The summed E-state index contributed by atoms with van der Waals surface area (Å²) in [7, 11) is 0. The first-order chi connectivity index (χ1) is 17.1. The van der Waals surface area contributed by atoms with Crippen LogP contribution in [0.2, 0.25) is 0 Å². The van der Waals surface area contributed by atoms with Crippen LogP contribution in [0.5, 0.6) is 5.75 Å². The highest BCUT2D eigenvalue weighted by Crippen LogP contribution is 2.40. The first kappa shape index (κ1) is 21.0. The van der Waals surface area contributed by atoms with Crippen molar-refractivity contribution in [3.8, 4) is 11.6 Å². The lowest BCUT2D eigenvalue weighted by atomic mass is 9.86. The summed E-state index contributed by atoms with van der Waals surface area (Å²) in [6, 6.07) is 14.1. The predicted molar refractivity (Wildman–Crippen MR) is 126 cm³/mol. The number of nitrogens with one attached hydrogen (secondary N) is 2. The highest BCUT2D eigenvalue weighted by molar-refractivity contribution is 5.95. The SMILES string of the molecule is Cc1nn(-c2ncnc3nc[nH]c23)c2c1[C@@H](c1ccc(OCc3ccccc3F)cc1)CC(=O)N2. The molecular weight excluding hydrogens is 449 g/mol. The van der Waals surface area contributed by atoms with Crippen LogP contribution < -0.4 is 10.1 Å². The van der Waals surface area contributed by atoms with Crippen molar-refractivity contribution in [2.45, 2.75) is 25.9 Å². The van der Waals surface area contributed by atoms with Gasteiger partial charge in [-0.2, -0.15) is 9.78 Å². The lowest BCUT2D eigenvalue weighted by Crippen LogP contribution is -2.25. The van der Waals surface area contributed by atoms with Crippen LogP contribution in [0.4, 0.5) is 10.2 Å². The van der Waals surface area contributed by atoms with Crippen molar-refractivity contribution >= 4 is 22.9 Å². The summed E-state index contributed by atoms with van der Waals surface area (Å²) in [5.74, 6) is 1.11. The number of ether oxygens (including phenoxy) is 1. The fourth-order valence-corrected chi connectivity index (χ4v) is 4.47. The molecule has 0 unspecified atom stereocenters. The number of halogens is 1. The minimum absolute atomic E-state index is 0.113. The molecule has 1 aliphatic rings. The molecule has 0 saturated carbocycles. The number of carbonyl (C=O) groups excluding carboxylic acids is 1. The standard InChI is InChI=1S/C25H20FN7O2/c1-14-21-18(15-6-8-17(9-7-15)35-11-16-4-2-3-5-19(16)26)10-20(34)31-24(21)33(32-14)25-22-23(28-12-27-22)29-13-30-25/h2-9,12-13,18H,10-11H2,1H3,(H,31,34)(H,27,28,29,30)/t18-/m1/s1. The number of hydrogen-bond acceptors (Lipinski definition) is 6. The second-order valence-corrected chi connectivity index (χ2v) is 8.31. The molecule has 174 valence electrons. The number of anilines is 1. The Labute approximate surface area is 199 Å². The van der Waals surface area contributed by atoms with Gasteiger partial charge in [0.25, 0.3) is 0 Å². The number of aryl methyl sites for hydroxylation is 1. The molecule has 9 nitrogen and oxygen atoms in total. The first-order valence-electron chi connectivity index (χ1n) is 11.1. The fourth-order valence-electron chi connectivity index (χ4n) is 4.47. The molecule has 0 spiro atoms. The minimum Gasteiger partial charge on any atom is -0.489 e. The smallest absolute Gasteiger partial charge is 0.226 e. The molecule has 0 saturated heterocycles. The molecule has 6 rings (SSSR count). The van der Waals surface area contributed by atoms with Crippen LogP contribution >= 0.6 is 0 Å². The topological polar surface area (TPSA) is 111 Å². The van der Waals surface area contributed by atoms with Crippen molar-refractivity contribution in [3.05, 3.63) is 89.4 Å². The van der Waals surface area contributed by atoms with Crippen LogP contribution in [0.15, 0.2) is 61.2 Å². The van der Waals surface area contributed by atoms with E-state index in [-0.39, 0.29) is 30.7 Å². The Morgan fingerprint density at radius 3 is 2.77 bits per heavy atom. The number of rotatable bonds is 5. The van der Waals surface area contributed by atoms with E-state index in [4.69, 9.17) is 9.84 Å². The Morgan fingerprint density at radius 1 is 1.11 bits per heavy atom. The second-order valence-electron chi connectivity index (χ2n) is 8.31. The lowest BCUT2D eigenvalue weighted by molar-refractivity contribution is -0.116. The van der Waals surface area contributed by atoms with Crippen LogP contribution in [-0.4, -0.2) is 35.6 Å². The highest BCUT2D eigenvalue weighted by atomic mass is 19.1. The van der Waals surface area contributed by atoms with Crippen molar-refractivity contribution in [2.75, 3.05) is 5.32 Å². The molecule has 1 atom stereocenters. The van der Waals surface area contributed by atoms with Gasteiger partial charge in [-0.05, 0) is 30.7 Å². The van der Waals surface area contributed by atoms with Gasteiger partial charge in [0, 0.05) is 23.5 Å². The van der Waals surface area contributed by atoms with E-state index in [2.05, 4.69) is 25.3 Å². The zero-order valence-corrected chi connectivity index (χ0v) is 18.7. The average Bonchev–Trinajstić information content (AvgIpc) is 3.48. The normalized spacial score (nSPS) is 15.1. The highest BCUT2D eigenvalue weighted by Gasteiger charge is 2.33. The molecular formula is C25H20FN7O2. The number of H-pyrrole nitrogens is 1. The molecule has 10 heteroatoms. The van der Waals surface area contributed by atoms with E-state index >= 15 is 0 Å². The molecule has 35 heavy (non-hydrogen) atoms. The van der Waals surface area contributed by atoms with Gasteiger partial charge < -0.3 is 15.0 Å². The van der Waals surface area contributed by atoms with Crippen LogP contribution in [0.25, 0.3) is 17.0 Å². The molecule has 5 aromatic rings. The van der Waals surface area contributed by atoms with Gasteiger partial charge in [-0.1, -0.05) is 30.3 Å². The number of imidazole rings is 1. The molecule has 0 bridgehead atoms. The summed E-state index contributed by atoms with van der Waals surface area (Å²) in [6.07, 6.45) is 3.26. The van der Waals surface area contributed by atoms with E-state index in [0.29, 0.717) is 34.1 Å². The molecule has 1 amide bonds. The zero-order valence-electron chi connectivity index (χ0n) is 18.7. The maximum atomic E-state index is 13.9. The summed E-state index contributed by atoms with van der Waals surface area (Å²) >= 11 is 0. The van der Waals surface area contributed by atoms with Gasteiger partial charge in [0.15, 0.2) is 11.5 Å². The molecule has 0 aliphatic carbocycles. The Kier molecular flexibility index (Phi) is 4.98. The fraction of sp³-hybridized carbons (Fsp3) is 0.160. The molecule has 0 fully saturated rings. The van der Waals surface area contributed by atoms with E-state index in [1.165, 1.54) is 12.4 Å². The molecule has 4 heterocycles. The molecule has 0 radical (unpaired) electrons. The largest absolute Gasteiger partial charge is 0.489 e. The summed E-state index contributed by atoms with van der Waals surface area (Å²) in [6.45, 7) is 2.05. The van der Waals surface area contributed by atoms with Crippen molar-refractivity contribution in [2.24, 2.45) is 0 Å². The van der Waals surface area contributed by atoms with Crippen molar-refractivity contribution in [1.29, 1.82) is 0 Å². The van der Waals surface area contributed by atoms with E-state index in [1.54, 1.807) is 29.2 Å². The summed E-state index contributed by atoms with van der Waals surface area (Å²) in [5.41, 5.74) is 4.31. The van der Waals surface area contributed by atoms with E-state index in [1.807, 2.05) is 31.2 Å². The van der Waals surface area contributed by atoms with Crippen molar-refractivity contribution < 1.29 is 13.9 Å². The molecule has 1 aliphatic heterocycles. The van der Waals surface area contributed by atoms with Gasteiger partial charge in [0.1, 0.15) is 35.8 Å². The van der Waals surface area contributed by atoms with E-state index in [9.17, 15) is 9.18 Å². The van der Waals surface area contributed by atoms with Crippen LogP contribution in [0, 0.1) is 12.7 Å². The van der Waals surface area contributed by atoms with Gasteiger partial charge >= 0.3 is 0 Å². The average molecular weight is 469 g/mol. The monoisotopic (exact) mass is 469 g/mol. The number of nitrogens with zero attached hydrogens (tertiary/aromatic N) is 5. The van der Waals surface area contributed by atoms with Crippen LogP contribution in [0.3, 0.4) is 0 Å². The number of aromatic amines is 1. The summed E-state index contributed by atoms with van der Waals surface area (Å²) < 4.78 is 21.3. The van der Waals surface area contributed by atoms with Gasteiger partial charge in [-0.3, -0.25) is 4.79 Å². The minimum atomic E-state index is -0.298. The number of amides is 1. The predicted octanol–water partition coefficient (Wildman–Crippen LogP) is 4.04. The first-order valence-corrected chi connectivity index (χ1v) is 11.1. The second kappa shape index (κ2) is 8.32. The van der Waals surface area contributed by atoms with E-state index in [0.717, 1.165) is 16.8 Å². The maximum absolute atomic E-state index is 13.9. The third kappa shape index (κ3) is 3.68. The van der Waals surface area contributed by atoms with Gasteiger partial charge in [-0.25, -0.2) is 19.3 Å². The van der Waals surface area contributed by atoms with Gasteiger partial charge in [-0.15, -0.1) is 0 Å². The third-order valence-corrected chi connectivity index (χ3v) is 6.14. The Morgan fingerprint density at radius 2 is 1.94 bits per heavy atom. The maximum Gasteiger partial charge on any atom is 0.226 e. The molecule has 3 aromatic heterocycles. The summed E-state index contributed by atoms with van der Waals surface area (Å²) in [4.78, 5) is 28.5. The number of benzene rings is 2. The van der Waals surface area contributed by atoms with Crippen LogP contribution in [0.1, 0.15) is 34.7 Å². The third-order valence-electron chi connectivity index (χ3n) is 6.14. The van der Waals surface area contributed by atoms with Crippen LogP contribution in [-0.2, 0) is 11.4 Å². The number of carbonyl (C=O) groups is 1. The van der Waals surface area contributed by atoms with Crippen molar-refractivity contribution in [3.63, 3.8) is 0 Å². The van der Waals surface area contributed by atoms with Gasteiger partial charge in [0.2, 0.25) is 5.91 Å². The van der Waals surface area contributed by atoms with E-state index < -0.39 is 0 Å². The molecule has 2 N–H and O–H groups in total. The quantitative estimate of drug-likeness (QED) is 0.402. The number of hydrogen-bond donors (Lipinski definition) is 2. The Balaban J connectivity index is 1.32. The van der Waals surface area contributed by atoms with Gasteiger partial charge in [0.05, 0.1) is 12.0 Å². The molecule has 2 aromatic carbocycles. The Bertz CT molecular complexity index is 1560. The Hall–Kier alpha value is -4.60. The van der Waals surface area contributed by atoms with Crippen molar-refractivity contribution in [1.82, 2.24) is 29.7 Å². The lowest BCUT2D eigenvalue weighted by Gasteiger charge is -2.24. The zero-order chi connectivity index (χ0) is 23.9. The number of aromatic nitrogens is 6.